The van der Waals surface area contributed by atoms with Gasteiger partial charge in [0.25, 0.3) is 0 Å². The number of hydrogen-bond acceptors (Lipinski definition) is 4. The second-order valence-corrected chi connectivity index (χ2v) is 6.42. The second-order valence-electron chi connectivity index (χ2n) is 6.01. The minimum Gasteiger partial charge on any atom is -0.481 e. The van der Waals surface area contributed by atoms with E-state index < -0.39 is 0 Å². The summed E-state index contributed by atoms with van der Waals surface area (Å²) < 4.78 is 7.20. The quantitative estimate of drug-likeness (QED) is 0.539. The SMILES string of the molecule is COc1cc(Cc2cccc3c(Cl)ccnc23)nn1-c1cccc(C)n1. The van der Waals surface area contributed by atoms with Crippen molar-refractivity contribution in [1.82, 2.24) is 19.7 Å². The molecule has 0 aliphatic carbocycles. The zero-order valence-corrected chi connectivity index (χ0v) is 15.2. The first kappa shape index (κ1) is 16.5. The van der Waals surface area contributed by atoms with E-state index in [2.05, 4.69) is 15.1 Å². The molecule has 0 N–H and O–H groups in total. The van der Waals surface area contributed by atoms with Gasteiger partial charge in [-0.3, -0.25) is 4.98 Å². The van der Waals surface area contributed by atoms with Crippen molar-refractivity contribution in [1.29, 1.82) is 0 Å². The fourth-order valence-corrected chi connectivity index (χ4v) is 3.20. The van der Waals surface area contributed by atoms with Crippen LogP contribution in [0.4, 0.5) is 0 Å². The van der Waals surface area contributed by atoms with Crippen molar-refractivity contribution >= 4 is 22.5 Å². The number of halogens is 1. The minimum atomic E-state index is 0.625. The molecule has 0 aliphatic heterocycles. The van der Waals surface area contributed by atoms with Crippen molar-refractivity contribution in [3.63, 3.8) is 0 Å². The third-order valence-electron chi connectivity index (χ3n) is 4.20. The largest absolute Gasteiger partial charge is 0.481 e. The predicted molar refractivity (Wildman–Crippen MR) is 102 cm³/mol. The number of rotatable bonds is 4. The summed E-state index contributed by atoms with van der Waals surface area (Å²) in [7, 11) is 1.63. The maximum Gasteiger partial charge on any atom is 0.218 e. The maximum absolute atomic E-state index is 6.29. The van der Waals surface area contributed by atoms with E-state index in [0.717, 1.165) is 33.7 Å². The third kappa shape index (κ3) is 3.02. The van der Waals surface area contributed by atoms with Crippen molar-refractivity contribution in [2.45, 2.75) is 13.3 Å². The molecule has 0 saturated heterocycles. The first-order chi connectivity index (χ1) is 12.7. The highest BCUT2D eigenvalue weighted by molar-refractivity contribution is 6.35. The molecule has 0 saturated carbocycles. The molecule has 0 radical (unpaired) electrons. The van der Waals surface area contributed by atoms with Gasteiger partial charge in [-0.15, -0.1) is 0 Å². The molecule has 5 nitrogen and oxygen atoms in total. The van der Waals surface area contributed by atoms with Gasteiger partial charge in [-0.1, -0.05) is 35.9 Å². The van der Waals surface area contributed by atoms with Crippen LogP contribution in [0.1, 0.15) is 17.0 Å². The zero-order chi connectivity index (χ0) is 18.1. The standard InChI is InChI=1S/C20H17ClN4O/c1-13-5-3-8-18(23-13)25-19(26-2)12-15(24-25)11-14-6-4-7-16-17(21)9-10-22-20(14)16/h3-10,12H,11H2,1-2H3. The number of aryl methyl sites for hydroxylation is 1. The average Bonchev–Trinajstić information content (AvgIpc) is 3.06. The van der Waals surface area contributed by atoms with Crippen molar-refractivity contribution in [2.24, 2.45) is 0 Å². The Morgan fingerprint density at radius 3 is 2.77 bits per heavy atom. The Bertz CT molecular complexity index is 1090. The molecule has 0 bridgehead atoms. The van der Waals surface area contributed by atoms with Crippen LogP contribution in [0.3, 0.4) is 0 Å². The predicted octanol–water partition coefficient (Wildman–Crippen LogP) is 4.38. The number of ether oxygens (including phenoxy) is 1. The first-order valence-electron chi connectivity index (χ1n) is 8.25. The lowest BCUT2D eigenvalue weighted by Crippen LogP contribution is -2.03. The molecule has 3 heterocycles. The fourth-order valence-electron chi connectivity index (χ4n) is 2.99. The minimum absolute atomic E-state index is 0.625. The summed E-state index contributed by atoms with van der Waals surface area (Å²) in [5.74, 6) is 1.37. The number of nitrogens with zero attached hydrogens (tertiary/aromatic N) is 4. The Labute approximate surface area is 156 Å². The Hall–Kier alpha value is -2.92. The van der Waals surface area contributed by atoms with Crippen LogP contribution in [0.25, 0.3) is 16.7 Å². The molecule has 0 atom stereocenters. The number of fused-ring (bicyclic) bond motifs is 1. The molecule has 26 heavy (non-hydrogen) atoms. The Kier molecular flexibility index (Phi) is 4.31. The molecule has 0 unspecified atom stereocenters. The first-order valence-corrected chi connectivity index (χ1v) is 8.62. The van der Waals surface area contributed by atoms with Crippen molar-refractivity contribution in [3.8, 4) is 11.7 Å². The van der Waals surface area contributed by atoms with Gasteiger partial charge in [0.1, 0.15) is 0 Å². The van der Waals surface area contributed by atoms with Gasteiger partial charge < -0.3 is 4.74 Å². The topological polar surface area (TPSA) is 52.8 Å². The lowest BCUT2D eigenvalue weighted by atomic mass is 10.1. The molecule has 4 aromatic rings. The van der Waals surface area contributed by atoms with Crippen LogP contribution in [0.5, 0.6) is 5.88 Å². The summed E-state index contributed by atoms with van der Waals surface area (Å²) in [6, 6.07) is 15.5. The van der Waals surface area contributed by atoms with E-state index in [1.807, 2.05) is 49.4 Å². The van der Waals surface area contributed by atoms with Crippen LogP contribution in [0, 0.1) is 6.92 Å². The number of para-hydroxylation sites is 1. The van der Waals surface area contributed by atoms with E-state index in [0.29, 0.717) is 17.3 Å². The average molecular weight is 365 g/mol. The molecule has 0 spiro atoms. The maximum atomic E-state index is 6.29. The Morgan fingerprint density at radius 1 is 1.12 bits per heavy atom. The molecule has 0 aliphatic rings. The summed E-state index contributed by atoms with van der Waals surface area (Å²) in [5.41, 5.74) is 3.76. The second kappa shape index (κ2) is 6.77. The van der Waals surface area contributed by atoms with Gasteiger partial charge in [0, 0.05) is 29.8 Å². The monoisotopic (exact) mass is 364 g/mol. The number of hydrogen-bond donors (Lipinski definition) is 0. The van der Waals surface area contributed by atoms with Crippen LogP contribution in [0.15, 0.2) is 54.7 Å². The van der Waals surface area contributed by atoms with Gasteiger partial charge in [0.2, 0.25) is 5.88 Å². The summed E-state index contributed by atoms with van der Waals surface area (Å²) in [4.78, 5) is 9.02. The Balaban J connectivity index is 1.75. The molecule has 6 heteroatoms. The molecule has 4 rings (SSSR count). The number of aromatic nitrogens is 4. The van der Waals surface area contributed by atoms with E-state index in [4.69, 9.17) is 16.3 Å². The molecule has 1 aromatic carbocycles. The van der Waals surface area contributed by atoms with Gasteiger partial charge in [-0.25, -0.2) is 4.98 Å². The highest BCUT2D eigenvalue weighted by Gasteiger charge is 2.13. The summed E-state index contributed by atoms with van der Waals surface area (Å²) in [6.45, 7) is 1.95. The smallest absolute Gasteiger partial charge is 0.218 e. The van der Waals surface area contributed by atoms with Crippen LogP contribution < -0.4 is 4.74 Å². The van der Waals surface area contributed by atoms with Crippen molar-refractivity contribution in [2.75, 3.05) is 7.11 Å². The zero-order valence-electron chi connectivity index (χ0n) is 14.5. The van der Waals surface area contributed by atoms with E-state index >= 15 is 0 Å². The molecule has 0 amide bonds. The summed E-state index contributed by atoms with van der Waals surface area (Å²) in [6.07, 6.45) is 2.35. The highest BCUT2D eigenvalue weighted by atomic mass is 35.5. The van der Waals surface area contributed by atoms with E-state index in [-0.39, 0.29) is 0 Å². The van der Waals surface area contributed by atoms with E-state index in [1.165, 1.54) is 0 Å². The van der Waals surface area contributed by atoms with Crippen LogP contribution in [0.2, 0.25) is 5.02 Å². The van der Waals surface area contributed by atoms with Gasteiger partial charge in [0.05, 0.1) is 23.3 Å². The van der Waals surface area contributed by atoms with Crippen molar-refractivity contribution < 1.29 is 4.74 Å². The van der Waals surface area contributed by atoms with Gasteiger partial charge >= 0.3 is 0 Å². The fraction of sp³-hybridized carbons (Fsp3) is 0.150. The number of benzene rings is 1. The van der Waals surface area contributed by atoms with E-state index in [9.17, 15) is 0 Å². The number of methoxy groups -OCH3 is 1. The van der Waals surface area contributed by atoms with Gasteiger partial charge in [-0.05, 0) is 30.7 Å². The molecular weight excluding hydrogens is 348 g/mol. The van der Waals surface area contributed by atoms with Crippen LogP contribution in [-0.4, -0.2) is 26.9 Å². The molecule has 0 fully saturated rings. The van der Waals surface area contributed by atoms with Crippen LogP contribution in [-0.2, 0) is 6.42 Å². The molecular formula is C20H17ClN4O. The highest BCUT2D eigenvalue weighted by Crippen LogP contribution is 2.26. The lowest BCUT2D eigenvalue weighted by molar-refractivity contribution is 0.382. The lowest BCUT2D eigenvalue weighted by Gasteiger charge is -2.06. The van der Waals surface area contributed by atoms with Gasteiger partial charge in [0.15, 0.2) is 5.82 Å². The van der Waals surface area contributed by atoms with Crippen LogP contribution >= 0.6 is 11.6 Å². The van der Waals surface area contributed by atoms with Crippen molar-refractivity contribution in [3.05, 3.63) is 76.7 Å². The van der Waals surface area contributed by atoms with Gasteiger partial charge in [-0.2, -0.15) is 9.78 Å². The summed E-state index contributed by atoms with van der Waals surface area (Å²) in [5, 5.41) is 6.33. The Morgan fingerprint density at radius 2 is 1.96 bits per heavy atom. The normalized spacial score (nSPS) is 11.0. The summed E-state index contributed by atoms with van der Waals surface area (Å²) >= 11 is 6.29. The number of pyridine rings is 2. The van der Waals surface area contributed by atoms with E-state index in [1.54, 1.807) is 24.1 Å². The molecule has 130 valence electrons. The third-order valence-corrected chi connectivity index (χ3v) is 4.53. The molecule has 3 aromatic heterocycles.